The number of aromatic nitrogens is 4. The quantitative estimate of drug-likeness (QED) is 0.321. The molecular formula is C21H24N8O2S. The zero-order valence-corrected chi connectivity index (χ0v) is 18.7. The number of nitrogens with zero attached hydrogens (tertiary/aromatic N) is 4. The first kappa shape index (κ1) is 21.4. The monoisotopic (exact) mass is 452 g/mol. The number of sulfonamides is 1. The molecule has 4 rings (SSSR count). The van der Waals surface area contributed by atoms with E-state index < -0.39 is 10.0 Å². The van der Waals surface area contributed by atoms with Crippen molar-refractivity contribution >= 4 is 50.0 Å². The van der Waals surface area contributed by atoms with E-state index in [-0.39, 0.29) is 0 Å². The Morgan fingerprint density at radius 1 is 1.03 bits per heavy atom. The van der Waals surface area contributed by atoms with Crippen LogP contribution in [0.15, 0.2) is 54.9 Å². The largest absolute Gasteiger partial charge is 0.378 e. The van der Waals surface area contributed by atoms with Gasteiger partial charge in [-0.1, -0.05) is 18.2 Å². The lowest BCUT2D eigenvalue weighted by atomic mass is 10.2. The van der Waals surface area contributed by atoms with Gasteiger partial charge in [0.2, 0.25) is 16.0 Å². The summed E-state index contributed by atoms with van der Waals surface area (Å²) >= 11 is 0. The first-order valence-corrected chi connectivity index (χ1v) is 11.7. The van der Waals surface area contributed by atoms with Crippen LogP contribution in [0.3, 0.4) is 0 Å². The van der Waals surface area contributed by atoms with E-state index in [1.165, 1.54) is 0 Å². The van der Waals surface area contributed by atoms with Crippen LogP contribution in [0.5, 0.6) is 0 Å². The Labute approximate surface area is 186 Å². The minimum atomic E-state index is -3.37. The molecule has 0 aliphatic carbocycles. The minimum absolute atomic E-state index is 0.351. The normalized spacial score (nSPS) is 11.3. The molecule has 0 spiro atoms. The lowest BCUT2D eigenvalue weighted by Gasteiger charge is -2.13. The minimum Gasteiger partial charge on any atom is -0.378 e. The Balaban J connectivity index is 1.55. The number of fused-ring (bicyclic) bond motifs is 1. The van der Waals surface area contributed by atoms with Crippen LogP contribution in [-0.4, -0.2) is 48.7 Å². The molecule has 0 bridgehead atoms. The number of rotatable bonds is 8. The predicted molar refractivity (Wildman–Crippen MR) is 128 cm³/mol. The Bertz CT molecular complexity index is 1330. The maximum absolute atomic E-state index is 11.5. The predicted octanol–water partition coefficient (Wildman–Crippen LogP) is 3.15. The maximum atomic E-state index is 11.5. The van der Waals surface area contributed by atoms with Crippen molar-refractivity contribution in [1.82, 2.24) is 19.9 Å². The van der Waals surface area contributed by atoms with Gasteiger partial charge in [-0.25, -0.2) is 13.4 Å². The fraction of sp³-hybridized carbons (Fsp3) is 0.190. The Morgan fingerprint density at radius 2 is 1.78 bits per heavy atom. The average molecular weight is 453 g/mol. The highest BCUT2D eigenvalue weighted by atomic mass is 32.2. The van der Waals surface area contributed by atoms with Crippen molar-refractivity contribution in [3.05, 3.63) is 60.4 Å². The standard InChI is InChI=1S/C21H24N8O2S/c1-29(2)17-9-7-14(8-10-17)12-22-19-18-20(24-13-23-18)27-21(26-19)25-15-5-4-6-16(11-15)28-32(3,30)31/h4-11,13,28H,12H2,1-3H3,(H3,22,23,24,25,26,27). The van der Waals surface area contributed by atoms with Crippen molar-refractivity contribution < 1.29 is 8.42 Å². The van der Waals surface area contributed by atoms with E-state index in [0.29, 0.717) is 40.8 Å². The van der Waals surface area contributed by atoms with Crippen molar-refractivity contribution in [3.63, 3.8) is 0 Å². The Kier molecular flexibility index (Phi) is 5.82. The van der Waals surface area contributed by atoms with Gasteiger partial charge in [0.1, 0.15) is 5.52 Å². The molecule has 0 fully saturated rings. The number of nitrogens with one attached hydrogen (secondary N) is 4. The van der Waals surface area contributed by atoms with E-state index in [1.54, 1.807) is 30.6 Å². The van der Waals surface area contributed by atoms with E-state index in [2.05, 4.69) is 59.6 Å². The molecule has 0 atom stereocenters. The van der Waals surface area contributed by atoms with E-state index >= 15 is 0 Å². The van der Waals surface area contributed by atoms with E-state index in [1.807, 2.05) is 19.0 Å². The van der Waals surface area contributed by atoms with Gasteiger partial charge in [0.15, 0.2) is 11.5 Å². The third-order valence-corrected chi connectivity index (χ3v) is 5.22. The molecule has 0 saturated heterocycles. The van der Waals surface area contributed by atoms with Crippen LogP contribution in [0.4, 0.5) is 28.8 Å². The lowest BCUT2D eigenvalue weighted by Crippen LogP contribution is -2.10. The van der Waals surface area contributed by atoms with Crippen molar-refractivity contribution in [2.45, 2.75) is 6.54 Å². The zero-order chi connectivity index (χ0) is 22.7. The molecule has 0 saturated carbocycles. The van der Waals surface area contributed by atoms with Crippen LogP contribution < -0.4 is 20.3 Å². The molecule has 4 N–H and O–H groups in total. The van der Waals surface area contributed by atoms with Gasteiger partial charge in [0.25, 0.3) is 0 Å². The third-order valence-electron chi connectivity index (χ3n) is 4.61. The van der Waals surface area contributed by atoms with E-state index in [0.717, 1.165) is 17.5 Å². The second-order valence-electron chi connectivity index (χ2n) is 7.49. The summed E-state index contributed by atoms with van der Waals surface area (Å²) in [5.41, 5.74) is 4.53. The van der Waals surface area contributed by atoms with Crippen LogP contribution in [-0.2, 0) is 16.6 Å². The molecule has 11 heteroatoms. The van der Waals surface area contributed by atoms with Crippen molar-refractivity contribution in [3.8, 4) is 0 Å². The average Bonchev–Trinajstić information content (AvgIpc) is 3.20. The highest BCUT2D eigenvalue weighted by Crippen LogP contribution is 2.23. The van der Waals surface area contributed by atoms with Gasteiger partial charge in [0.05, 0.1) is 18.3 Å². The summed E-state index contributed by atoms with van der Waals surface area (Å²) in [7, 11) is 0.637. The third kappa shape index (κ3) is 5.24. The number of imidazole rings is 1. The molecule has 166 valence electrons. The first-order chi connectivity index (χ1) is 15.3. The van der Waals surface area contributed by atoms with Crippen LogP contribution in [0.2, 0.25) is 0 Å². The van der Waals surface area contributed by atoms with Crippen molar-refractivity contribution in [1.29, 1.82) is 0 Å². The van der Waals surface area contributed by atoms with Gasteiger partial charge in [-0.3, -0.25) is 4.72 Å². The summed E-state index contributed by atoms with van der Waals surface area (Å²) in [6.07, 6.45) is 2.67. The molecule has 0 aliphatic heterocycles. The molecule has 32 heavy (non-hydrogen) atoms. The number of benzene rings is 2. The molecule has 2 aromatic heterocycles. The lowest BCUT2D eigenvalue weighted by molar-refractivity contribution is 0.607. The summed E-state index contributed by atoms with van der Waals surface area (Å²) in [6.45, 7) is 0.569. The summed E-state index contributed by atoms with van der Waals surface area (Å²) in [5.74, 6) is 0.935. The fourth-order valence-electron chi connectivity index (χ4n) is 3.12. The van der Waals surface area contributed by atoms with Crippen LogP contribution in [0, 0.1) is 0 Å². The van der Waals surface area contributed by atoms with Crippen LogP contribution in [0.1, 0.15) is 5.56 Å². The van der Waals surface area contributed by atoms with Crippen molar-refractivity contribution in [2.24, 2.45) is 0 Å². The van der Waals surface area contributed by atoms with Gasteiger partial charge in [-0.05, 0) is 35.9 Å². The number of hydrogen-bond acceptors (Lipinski definition) is 8. The van der Waals surface area contributed by atoms with E-state index in [4.69, 9.17) is 0 Å². The molecule has 0 amide bonds. The SMILES string of the molecule is CN(C)c1ccc(CNc2nc(Nc3cccc(NS(C)(=O)=O)c3)nc3[nH]cnc23)cc1. The molecule has 0 unspecified atom stereocenters. The molecule has 4 aromatic rings. The molecular weight excluding hydrogens is 428 g/mol. The second kappa shape index (κ2) is 8.71. The van der Waals surface area contributed by atoms with Crippen LogP contribution >= 0.6 is 0 Å². The number of H-pyrrole nitrogens is 1. The highest BCUT2D eigenvalue weighted by molar-refractivity contribution is 7.92. The van der Waals surface area contributed by atoms with Gasteiger partial charge in [0, 0.05) is 32.0 Å². The summed E-state index contributed by atoms with van der Waals surface area (Å²) < 4.78 is 25.4. The molecule has 2 heterocycles. The molecule has 2 aromatic carbocycles. The molecule has 0 aliphatic rings. The molecule has 0 radical (unpaired) electrons. The summed E-state index contributed by atoms with van der Waals surface area (Å²) in [5, 5.41) is 6.45. The summed E-state index contributed by atoms with van der Waals surface area (Å²) in [4.78, 5) is 18.4. The first-order valence-electron chi connectivity index (χ1n) is 9.83. The van der Waals surface area contributed by atoms with Gasteiger partial charge < -0.3 is 20.5 Å². The number of aromatic amines is 1. The van der Waals surface area contributed by atoms with E-state index in [9.17, 15) is 8.42 Å². The Hall–Kier alpha value is -3.86. The van der Waals surface area contributed by atoms with Gasteiger partial charge >= 0.3 is 0 Å². The highest BCUT2D eigenvalue weighted by Gasteiger charge is 2.11. The topological polar surface area (TPSA) is 128 Å². The van der Waals surface area contributed by atoms with Gasteiger partial charge in [-0.15, -0.1) is 0 Å². The van der Waals surface area contributed by atoms with Gasteiger partial charge in [-0.2, -0.15) is 9.97 Å². The Morgan fingerprint density at radius 3 is 2.50 bits per heavy atom. The maximum Gasteiger partial charge on any atom is 0.231 e. The zero-order valence-electron chi connectivity index (χ0n) is 17.9. The van der Waals surface area contributed by atoms with Crippen molar-refractivity contribution in [2.75, 3.05) is 40.6 Å². The van der Waals surface area contributed by atoms with Crippen LogP contribution in [0.25, 0.3) is 11.2 Å². The molecule has 10 nitrogen and oxygen atoms in total. The second-order valence-corrected chi connectivity index (χ2v) is 9.24. The smallest absolute Gasteiger partial charge is 0.231 e. The fourth-order valence-corrected chi connectivity index (χ4v) is 3.67. The number of hydrogen-bond donors (Lipinski definition) is 4. The number of anilines is 5. The summed E-state index contributed by atoms with van der Waals surface area (Å²) in [6, 6.07) is 15.1.